The van der Waals surface area contributed by atoms with Crippen LogP contribution in [0, 0.1) is 13.5 Å². The molecule has 0 radical (unpaired) electrons. The molecule has 2 N–H and O–H groups in total. The van der Waals surface area contributed by atoms with Gasteiger partial charge in [0.1, 0.15) is 0 Å². The molecule has 9 heteroatoms. The van der Waals surface area contributed by atoms with E-state index >= 15 is 0 Å². The van der Waals surface area contributed by atoms with Crippen LogP contribution in [0.15, 0.2) is 12.1 Å². The standard InChI is InChI=1S/C18H21F3N4O2/c1-10-7-12-13(8-11(10)22-6)25(16(2,3)4)15(23-12)24-14(26)9-17(5,27)18(19,20)21/h7-8,27H,9H2,1-5H3,(H,23,24,26)/t17-/m0/s1. The number of hydrogen-bond donors (Lipinski definition) is 2. The van der Waals surface area contributed by atoms with Crippen LogP contribution in [0.5, 0.6) is 0 Å². The van der Waals surface area contributed by atoms with E-state index in [2.05, 4.69) is 15.1 Å². The molecule has 0 aliphatic rings. The Balaban J connectivity index is 2.50. The van der Waals surface area contributed by atoms with E-state index in [1.54, 1.807) is 23.6 Å². The van der Waals surface area contributed by atoms with E-state index < -0.39 is 29.6 Å². The summed E-state index contributed by atoms with van der Waals surface area (Å²) in [6.07, 6.45) is -6.09. The number of amides is 1. The Morgan fingerprint density at radius 2 is 1.89 bits per heavy atom. The first-order chi connectivity index (χ1) is 12.2. The molecule has 1 atom stereocenters. The Hall–Kier alpha value is -2.60. The molecular formula is C18H21F3N4O2. The predicted octanol–water partition coefficient (Wildman–Crippen LogP) is 4.29. The van der Waals surface area contributed by atoms with E-state index in [4.69, 9.17) is 6.57 Å². The highest BCUT2D eigenvalue weighted by atomic mass is 19.4. The molecule has 2 aromatic rings. The largest absolute Gasteiger partial charge is 0.417 e. The van der Waals surface area contributed by atoms with Crippen LogP contribution in [0.3, 0.4) is 0 Å². The molecule has 0 spiro atoms. The van der Waals surface area contributed by atoms with Gasteiger partial charge in [0.2, 0.25) is 11.9 Å². The van der Waals surface area contributed by atoms with Gasteiger partial charge in [-0.15, -0.1) is 0 Å². The molecule has 2 rings (SSSR count). The second-order valence-electron chi connectivity index (χ2n) is 7.68. The maximum atomic E-state index is 12.8. The SMILES string of the molecule is [C-]#[N+]c1cc2c(cc1C)nc(NC(=O)C[C@](C)(O)C(F)(F)F)n2C(C)(C)C. The minimum Gasteiger partial charge on any atom is -0.380 e. The Kier molecular flexibility index (Phi) is 5.01. The number of rotatable bonds is 3. The van der Waals surface area contributed by atoms with Crippen molar-refractivity contribution in [1.29, 1.82) is 0 Å². The fraction of sp³-hybridized carbons (Fsp3) is 0.500. The number of halogens is 3. The molecular weight excluding hydrogens is 361 g/mol. The summed E-state index contributed by atoms with van der Waals surface area (Å²) in [7, 11) is 0. The summed E-state index contributed by atoms with van der Waals surface area (Å²) >= 11 is 0. The predicted molar refractivity (Wildman–Crippen MR) is 95.7 cm³/mol. The molecule has 0 saturated heterocycles. The second-order valence-corrected chi connectivity index (χ2v) is 7.68. The van der Waals surface area contributed by atoms with Crippen molar-refractivity contribution in [3.05, 3.63) is 29.1 Å². The van der Waals surface area contributed by atoms with Gasteiger partial charge < -0.3 is 9.67 Å². The van der Waals surface area contributed by atoms with E-state index in [1.165, 1.54) is 0 Å². The Morgan fingerprint density at radius 1 is 1.30 bits per heavy atom. The van der Waals surface area contributed by atoms with Gasteiger partial charge >= 0.3 is 6.18 Å². The zero-order valence-electron chi connectivity index (χ0n) is 15.7. The summed E-state index contributed by atoms with van der Waals surface area (Å²) in [5, 5.41) is 11.9. The topological polar surface area (TPSA) is 71.5 Å². The number of hydrogen-bond acceptors (Lipinski definition) is 3. The van der Waals surface area contributed by atoms with Gasteiger partial charge in [-0.2, -0.15) is 13.2 Å². The molecule has 146 valence electrons. The number of aryl methyl sites for hydroxylation is 1. The number of fused-ring (bicyclic) bond motifs is 1. The van der Waals surface area contributed by atoms with Crippen molar-refractivity contribution in [3.8, 4) is 0 Å². The summed E-state index contributed by atoms with van der Waals surface area (Å²) in [6.45, 7) is 15.1. The summed E-state index contributed by atoms with van der Waals surface area (Å²) < 4.78 is 40.1. The maximum absolute atomic E-state index is 12.8. The van der Waals surface area contributed by atoms with Crippen molar-refractivity contribution < 1.29 is 23.1 Å². The molecule has 1 heterocycles. The molecule has 0 bridgehead atoms. The molecule has 1 amide bonds. The lowest BCUT2D eigenvalue weighted by atomic mass is 10.0. The van der Waals surface area contributed by atoms with Crippen molar-refractivity contribution in [1.82, 2.24) is 9.55 Å². The van der Waals surface area contributed by atoms with Crippen molar-refractivity contribution in [2.24, 2.45) is 0 Å². The van der Waals surface area contributed by atoms with E-state index in [0.29, 0.717) is 29.2 Å². The first-order valence-corrected chi connectivity index (χ1v) is 8.17. The Bertz CT molecular complexity index is 931. The fourth-order valence-electron chi connectivity index (χ4n) is 2.68. The summed E-state index contributed by atoms with van der Waals surface area (Å²) in [6, 6.07) is 3.32. The van der Waals surface area contributed by atoms with Gasteiger partial charge in [0.05, 0.1) is 24.0 Å². The zero-order chi connectivity index (χ0) is 20.8. The molecule has 0 aliphatic heterocycles. The van der Waals surface area contributed by atoms with Gasteiger partial charge in [0.25, 0.3) is 0 Å². The molecule has 0 aliphatic carbocycles. The van der Waals surface area contributed by atoms with Crippen LogP contribution in [0.4, 0.5) is 24.8 Å². The normalized spacial score (nSPS) is 14.7. The van der Waals surface area contributed by atoms with Gasteiger partial charge in [-0.25, -0.2) is 9.83 Å². The van der Waals surface area contributed by atoms with Crippen LogP contribution < -0.4 is 5.32 Å². The van der Waals surface area contributed by atoms with Gasteiger partial charge in [-0.3, -0.25) is 10.1 Å². The molecule has 27 heavy (non-hydrogen) atoms. The van der Waals surface area contributed by atoms with Crippen molar-refractivity contribution in [2.75, 3.05) is 5.32 Å². The van der Waals surface area contributed by atoms with Gasteiger partial charge in [-0.05, 0) is 52.3 Å². The highest BCUT2D eigenvalue weighted by Crippen LogP contribution is 2.35. The number of carbonyl (C=O) groups is 1. The van der Waals surface area contributed by atoms with Crippen LogP contribution in [-0.4, -0.2) is 32.3 Å². The van der Waals surface area contributed by atoms with Crippen LogP contribution >= 0.6 is 0 Å². The summed E-state index contributed by atoms with van der Waals surface area (Å²) in [5.41, 5.74) is -1.51. The first kappa shape index (κ1) is 20.7. The van der Waals surface area contributed by atoms with Gasteiger partial charge in [0.15, 0.2) is 11.3 Å². The lowest BCUT2D eigenvalue weighted by Crippen LogP contribution is -2.45. The van der Waals surface area contributed by atoms with Crippen molar-refractivity contribution >= 4 is 28.6 Å². The van der Waals surface area contributed by atoms with Crippen LogP contribution in [0.25, 0.3) is 15.9 Å². The summed E-state index contributed by atoms with van der Waals surface area (Å²) in [5.74, 6) is -0.956. The highest BCUT2D eigenvalue weighted by Gasteiger charge is 2.51. The maximum Gasteiger partial charge on any atom is 0.417 e. The van der Waals surface area contributed by atoms with E-state index in [1.807, 2.05) is 20.8 Å². The third kappa shape index (κ3) is 4.06. The Morgan fingerprint density at radius 3 is 2.37 bits per heavy atom. The minimum atomic E-state index is -4.93. The number of nitrogens with zero attached hydrogens (tertiary/aromatic N) is 3. The number of alkyl halides is 3. The Labute approximate surface area is 154 Å². The average Bonchev–Trinajstić information content (AvgIpc) is 2.80. The highest BCUT2D eigenvalue weighted by molar-refractivity contribution is 5.93. The van der Waals surface area contributed by atoms with E-state index in [9.17, 15) is 23.1 Å². The number of benzene rings is 1. The lowest BCUT2D eigenvalue weighted by Gasteiger charge is -2.27. The van der Waals surface area contributed by atoms with Gasteiger partial charge in [0, 0.05) is 5.54 Å². The third-order valence-corrected chi connectivity index (χ3v) is 4.13. The quantitative estimate of drug-likeness (QED) is 0.778. The number of carbonyl (C=O) groups excluding carboxylic acids is 1. The summed E-state index contributed by atoms with van der Waals surface area (Å²) in [4.78, 5) is 19.9. The molecule has 1 aromatic heterocycles. The number of aliphatic hydroxyl groups is 1. The fourth-order valence-corrected chi connectivity index (χ4v) is 2.68. The monoisotopic (exact) mass is 382 g/mol. The first-order valence-electron chi connectivity index (χ1n) is 8.17. The van der Waals surface area contributed by atoms with Crippen LogP contribution in [0.1, 0.15) is 39.7 Å². The van der Waals surface area contributed by atoms with E-state index in [-0.39, 0.29) is 5.95 Å². The van der Waals surface area contributed by atoms with Crippen molar-refractivity contribution in [2.45, 2.75) is 58.4 Å². The van der Waals surface area contributed by atoms with Crippen LogP contribution in [-0.2, 0) is 10.3 Å². The van der Waals surface area contributed by atoms with Crippen LogP contribution in [0.2, 0.25) is 0 Å². The zero-order valence-corrected chi connectivity index (χ0v) is 15.7. The average molecular weight is 382 g/mol. The number of imidazole rings is 1. The molecule has 6 nitrogen and oxygen atoms in total. The third-order valence-electron chi connectivity index (χ3n) is 4.13. The lowest BCUT2D eigenvalue weighted by molar-refractivity contribution is -0.253. The minimum absolute atomic E-state index is 0.0574. The second kappa shape index (κ2) is 6.53. The number of nitrogens with one attached hydrogen (secondary N) is 1. The number of aromatic nitrogens is 2. The van der Waals surface area contributed by atoms with E-state index in [0.717, 1.165) is 0 Å². The molecule has 0 unspecified atom stereocenters. The molecule has 0 fully saturated rings. The molecule has 0 saturated carbocycles. The number of anilines is 1. The van der Waals surface area contributed by atoms with Crippen molar-refractivity contribution in [3.63, 3.8) is 0 Å². The molecule has 1 aromatic carbocycles. The van der Waals surface area contributed by atoms with Gasteiger partial charge in [-0.1, -0.05) is 0 Å². The smallest absolute Gasteiger partial charge is 0.380 e.